The number of carbonyl (C=O) groups excluding carboxylic acids is 1. The van der Waals surface area contributed by atoms with Gasteiger partial charge in [0, 0.05) is 38.1 Å². The van der Waals surface area contributed by atoms with Gasteiger partial charge in [-0.15, -0.1) is 0 Å². The van der Waals surface area contributed by atoms with Gasteiger partial charge in [0.15, 0.2) is 0 Å². The summed E-state index contributed by atoms with van der Waals surface area (Å²) < 4.78 is 0. The number of hydrogen-bond acceptors (Lipinski definition) is 4. The van der Waals surface area contributed by atoms with Crippen molar-refractivity contribution >= 4 is 11.6 Å². The zero-order valence-electron chi connectivity index (χ0n) is 13.9. The van der Waals surface area contributed by atoms with Gasteiger partial charge in [0.25, 0.3) is 5.91 Å². The summed E-state index contributed by atoms with van der Waals surface area (Å²) in [6.45, 7) is 3.45. The van der Waals surface area contributed by atoms with Crippen LogP contribution in [0.3, 0.4) is 0 Å². The molecule has 1 aliphatic rings. The highest BCUT2D eigenvalue weighted by atomic mass is 16.2. The van der Waals surface area contributed by atoms with Crippen molar-refractivity contribution in [2.24, 2.45) is 0 Å². The molecule has 0 N–H and O–H groups in total. The van der Waals surface area contributed by atoms with Crippen LogP contribution in [0.25, 0.3) is 0 Å². The summed E-state index contributed by atoms with van der Waals surface area (Å²) in [4.78, 5) is 21.3. The molecule has 1 aromatic carbocycles. The van der Waals surface area contributed by atoms with Crippen LogP contribution in [-0.4, -0.2) is 35.4 Å². The van der Waals surface area contributed by atoms with Gasteiger partial charge >= 0.3 is 0 Å². The van der Waals surface area contributed by atoms with E-state index in [0.717, 1.165) is 18.5 Å². The molecular formula is C19H20N4O. The maximum atomic E-state index is 13.0. The molecule has 0 fully saturated rings. The lowest BCUT2D eigenvalue weighted by Gasteiger charge is -2.30. The maximum Gasteiger partial charge on any atom is 0.273 e. The molecule has 2 heterocycles. The van der Waals surface area contributed by atoms with E-state index < -0.39 is 0 Å². The van der Waals surface area contributed by atoms with E-state index in [9.17, 15) is 4.79 Å². The van der Waals surface area contributed by atoms with Crippen LogP contribution in [0.4, 0.5) is 5.69 Å². The average Bonchev–Trinajstić information content (AvgIpc) is 2.78. The van der Waals surface area contributed by atoms with Crippen molar-refractivity contribution in [3.05, 3.63) is 59.4 Å². The Morgan fingerprint density at radius 2 is 2.12 bits per heavy atom. The number of benzene rings is 1. The highest BCUT2D eigenvalue weighted by Gasteiger charge is 2.29. The van der Waals surface area contributed by atoms with Crippen molar-refractivity contribution in [3.63, 3.8) is 0 Å². The van der Waals surface area contributed by atoms with Crippen LogP contribution in [0.5, 0.6) is 0 Å². The molecule has 2 aromatic rings. The number of anilines is 1. The SMILES string of the molecule is CC[C@H]1CN(C)c2ccccc2CN1C(=O)c1ccc(C#N)cn1. The van der Waals surface area contributed by atoms with E-state index in [1.54, 1.807) is 12.1 Å². The van der Waals surface area contributed by atoms with Crippen LogP contribution in [0.15, 0.2) is 42.6 Å². The molecule has 0 bridgehead atoms. The van der Waals surface area contributed by atoms with E-state index in [2.05, 4.69) is 36.0 Å². The molecule has 5 nitrogen and oxygen atoms in total. The Hall–Kier alpha value is -2.87. The largest absolute Gasteiger partial charge is 0.372 e. The van der Waals surface area contributed by atoms with Gasteiger partial charge < -0.3 is 9.80 Å². The molecule has 5 heteroatoms. The van der Waals surface area contributed by atoms with Crippen molar-refractivity contribution in [1.29, 1.82) is 5.26 Å². The highest BCUT2D eigenvalue weighted by Crippen LogP contribution is 2.27. The van der Waals surface area contributed by atoms with Gasteiger partial charge in [0.2, 0.25) is 0 Å². The number of carbonyl (C=O) groups is 1. The van der Waals surface area contributed by atoms with Gasteiger partial charge in [-0.25, -0.2) is 4.98 Å². The van der Waals surface area contributed by atoms with Crippen molar-refractivity contribution in [1.82, 2.24) is 9.88 Å². The fourth-order valence-electron chi connectivity index (χ4n) is 3.16. The molecule has 122 valence electrons. The smallest absolute Gasteiger partial charge is 0.273 e. The first-order valence-electron chi connectivity index (χ1n) is 8.10. The van der Waals surface area contributed by atoms with Crippen LogP contribution in [0.2, 0.25) is 0 Å². The second-order valence-corrected chi connectivity index (χ2v) is 6.05. The standard InChI is InChI=1S/C19H20N4O/c1-3-16-13-22(2)18-7-5-4-6-15(18)12-23(16)19(24)17-9-8-14(10-20)11-21-17/h4-9,11,16H,3,12-13H2,1-2H3/t16-/m0/s1. The number of amides is 1. The lowest BCUT2D eigenvalue weighted by atomic mass is 10.1. The second-order valence-electron chi connectivity index (χ2n) is 6.05. The molecule has 0 aliphatic carbocycles. The predicted molar refractivity (Wildman–Crippen MR) is 92.6 cm³/mol. The second kappa shape index (κ2) is 6.71. The number of pyridine rings is 1. The van der Waals surface area contributed by atoms with Crippen molar-refractivity contribution in [3.8, 4) is 6.07 Å². The predicted octanol–water partition coefficient (Wildman–Crippen LogP) is 2.82. The van der Waals surface area contributed by atoms with Crippen molar-refractivity contribution < 1.29 is 4.79 Å². The third kappa shape index (κ3) is 2.95. The molecule has 0 spiro atoms. The number of aromatic nitrogens is 1. The van der Waals surface area contributed by atoms with Crippen LogP contribution in [-0.2, 0) is 6.54 Å². The summed E-state index contributed by atoms with van der Waals surface area (Å²) in [7, 11) is 2.06. The monoisotopic (exact) mass is 320 g/mol. The molecule has 1 aliphatic heterocycles. The number of nitriles is 1. The molecular weight excluding hydrogens is 300 g/mol. The fraction of sp³-hybridized carbons (Fsp3) is 0.316. The van der Waals surface area contributed by atoms with E-state index in [1.807, 2.05) is 23.1 Å². The van der Waals surface area contributed by atoms with Crippen LogP contribution in [0, 0.1) is 11.3 Å². The van der Waals surface area contributed by atoms with Crippen LogP contribution in [0.1, 0.15) is 35.0 Å². The minimum absolute atomic E-state index is 0.0866. The fourth-order valence-corrected chi connectivity index (χ4v) is 3.16. The molecule has 0 saturated carbocycles. The Morgan fingerprint density at radius 1 is 1.33 bits per heavy atom. The van der Waals surface area contributed by atoms with Gasteiger partial charge in [-0.3, -0.25) is 4.79 Å². The zero-order valence-corrected chi connectivity index (χ0v) is 13.9. The quantitative estimate of drug-likeness (QED) is 0.854. The van der Waals surface area contributed by atoms with E-state index >= 15 is 0 Å². The van der Waals surface area contributed by atoms with Gasteiger partial charge in [-0.2, -0.15) is 5.26 Å². The van der Waals surface area contributed by atoms with E-state index in [-0.39, 0.29) is 11.9 Å². The lowest BCUT2D eigenvalue weighted by molar-refractivity contribution is 0.0661. The Labute approximate surface area is 142 Å². The van der Waals surface area contributed by atoms with E-state index in [0.29, 0.717) is 17.8 Å². The van der Waals surface area contributed by atoms with Gasteiger partial charge in [-0.05, 0) is 30.2 Å². The highest BCUT2D eigenvalue weighted by molar-refractivity contribution is 5.92. The third-order valence-corrected chi connectivity index (χ3v) is 4.51. The number of para-hydroxylation sites is 1. The number of hydrogen-bond donors (Lipinski definition) is 0. The number of fused-ring (bicyclic) bond motifs is 1. The summed E-state index contributed by atoms with van der Waals surface area (Å²) in [5, 5.41) is 8.88. The molecule has 1 atom stereocenters. The summed E-state index contributed by atoms with van der Waals surface area (Å²) in [6, 6.07) is 13.6. The molecule has 0 unspecified atom stereocenters. The molecule has 0 radical (unpaired) electrons. The number of nitrogens with zero attached hydrogens (tertiary/aromatic N) is 4. The normalized spacial score (nSPS) is 17.0. The summed E-state index contributed by atoms with van der Waals surface area (Å²) >= 11 is 0. The molecule has 24 heavy (non-hydrogen) atoms. The van der Waals surface area contributed by atoms with Crippen LogP contribution >= 0.6 is 0 Å². The average molecular weight is 320 g/mol. The first-order valence-corrected chi connectivity index (χ1v) is 8.10. The summed E-state index contributed by atoms with van der Waals surface area (Å²) in [5.74, 6) is -0.0866. The zero-order chi connectivity index (χ0) is 17.1. The summed E-state index contributed by atoms with van der Waals surface area (Å²) in [6.07, 6.45) is 2.33. The molecule has 0 saturated heterocycles. The van der Waals surface area contributed by atoms with Crippen LogP contribution < -0.4 is 4.90 Å². The minimum Gasteiger partial charge on any atom is -0.372 e. The summed E-state index contributed by atoms with van der Waals surface area (Å²) in [5.41, 5.74) is 3.14. The minimum atomic E-state index is -0.0866. The first-order chi connectivity index (χ1) is 11.6. The third-order valence-electron chi connectivity index (χ3n) is 4.51. The van der Waals surface area contributed by atoms with E-state index in [4.69, 9.17) is 5.26 Å². The Kier molecular flexibility index (Phi) is 4.48. The lowest BCUT2D eigenvalue weighted by Crippen LogP contribution is -2.43. The Bertz CT molecular complexity index is 779. The van der Waals surface area contributed by atoms with E-state index in [1.165, 1.54) is 11.9 Å². The molecule has 1 amide bonds. The van der Waals surface area contributed by atoms with Crippen molar-refractivity contribution in [2.75, 3.05) is 18.5 Å². The maximum absolute atomic E-state index is 13.0. The first kappa shape index (κ1) is 16.0. The Morgan fingerprint density at radius 3 is 2.79 bits per heavy atom. The number of likely N-dealkylation sites (N-methyl/N-ethyl adjacent to an activating group) is 1. The number of rotatable bonds is 2. The molecule has 3 rings (SSSR count). The van der Waals surface area contributed by atoms with Gasteiger partial charge in [0.05, 0.1) is 5.56 Å². The van der Waals surface area contributed by atoms with Gasteiger partial charge in [0.1, 0.15) is 11.8 Å². The van der Waals surface area contributed by atoms with Crippen molar-refractivity contribution in [2.45, 2.75) is 25.9 Å². The molecule has 1 aromatic heterocycles. The van der Waals surface area contributed by atoms with Gasteiger partial charge in [-0.1, -0.05) is 25.1 Å². The topological polar surface area (TPSA) is 60.2 Å². The Balaban J connectivity index is 1.95.